The van der Waals surface area contributed by atoms with Gasteiger partial charge in [-0.15, -0.1) is 0 Å². The molecule has 0 amide bonds. The number of halogens is 17. The first kappa shape index (κ1) is 38.4. The third-order valence-electron chi connectivity index (χ3n) is 2.91. The lowest BCUT2D eigenvalue weighted by Crippen LogP contribution is -2.71. The van der Waals surface area contributed by atoms with E-state index in [0.29, 0.717) is 0 Å². The fourth-order valence-corrected chi connectivity index (χ4v) is 46.4. The van der Waals surface area contributed by atoms with Crippen molar-refractivity contribution in [1.29, 1.82) is 0 Å². The lowest BCUT2D eigenvalue weighted by atomic mass is 9.89. The van der Waals surface area contributed by atoms with Crippen LogP contribution in [0.3, 0.4) is 0 Å². The Morgan fingerprint density at radius 1 is 0.346 bits per heavy atom. The molecule has 158 valence electrons. The molecule has 0 spiro atoms. The number of hydrogen-bond acceptors (Lipinski definition) is 1. The molecule has 0 saturated heterocycles. The average molecular weight is 2270 g/mol. The summed E-state index contributed by atoms with van der Waals surface area (Å²) in [4.78, 5) is 0. The van der Waals surface area contributed by atoms with Crippen LogP contribution in [0.2, 0.25) is 0 Å². The minimum atomic E-state index is -0.904. The third-order valence-corrected chi connectivity index (χ3v) is 33.8. The maximum Gasteiger partial charge on any atom is 0.192 e. The van der Waals surface area contributed by atoms with Gasteiger partial charge in [0.2, 0.25) is 0 Å². The van der Waals surface area contributed by atoms with Crippen LogP contribution in [0.1, 0.15) is 0 Å². The van der Waals surface area contributed by atoms with Crippen LogP contribution in [0.4, 0.5) is 0 Å². The highest BCUT2D eigenvalue weighted by atomic mass is 127. The summed E-state index contributed by atoms with van der Waals surface area (Å²) in [5, 5.41) is 11.0. The fourth-order valence-electron chi connectivity index (χ4n) is 1.64. The smallest absolute Gasteiger partial charge is 0.192 e. The molecule has 0 aromatic rings. The van der Waals surface area contributed by atoms with Crippen LogP contribution in [-0.2, 0) is 0 Å². The van der Waals surface area contributed by atoms with E-state index in [1.54, 1.807) is 0 Å². The maximum atomic E-state index is 11.0. The zero-order valence-electron chi connectivity index (χ0n) is 10.9. The highest BCUT2D eigenvalue weighted by Gasteiger charge is 2.82. The fraction of sp³-hybridized carbons (Fsp3) is 1.00. The summed E-state index contributed by atoms with van der Waals surface area (Å²) in [5.41, 5.74) is -0.172. The van der Waals surface area contributed by atoms with Gasteiger partial charge in [0.1, 0.15) is 2.59 Å². The second-order valence-electron chi connectivity index (χ2n) is 4.51. The van der Waals surface area contributed by atoms with E-state index in [0.717, 1.165) is 0 Å². The van der Waals surface area contributed by atoms with Crippen LogP contribution in [0, 0.1) is 5.41 Å². The Bertz CT molecular complexity index is 477. The van der Waals surface area contributed by atoms with Crippen molar-refractivity contribution in [1.82, 2.24) is 0 Å². The van der Waals surface area contributed by atoms with E-state index in [1.165, 1.54) is 0 Å². The Morgan fingerprint density at radius 2 is 0.577 bits per heavy atom. The molecular weight excluding hydrogens is 2270 g/mol. The molecule has 18 heteroatoms. The van der Waals surface area contributed by atoms with E-state index in [9.17, 15) is 5.11 Å². The van der Waals surface area contributed by atoms with Crippen molar-refractivity contribution in [3.8, 4) is 0 Å². The molecule has 1 nitrogen and oxygen atoms in total. The molecule has 0 aliphatic carbocycles. The first-order valence-corrected chi connectivity index (χ1v) is 23.5. The van der Waals surface area contributed by atoms with Crippen LogP contribution in [0.15, 0.2) is 0 Å². The third kappa shape index (κ3) is 8.01. The molecule has 0 heterocycles. The molecule has 26 heavy (non-hydrogen) atoms. The summed E-state index contributed by atoms with van der Waals surface area (Å²) in [5.74, 6) is 0. The minimum absolute atomic E-state index is 0.0879. The van der Waals surface area contributed by atoms with Crippen LogP contribution in [-0.4, -0.2) is 9.31 Å². The Hall–Kier alpha value is 12.4. The van der Waals surface area contributed by atoms with Gasteiger partial charge in [-0.25, -0.2) is 0 Å². The molecular formula is C8HI17O. The molecule has 0 atom stereocenters. The molecule has 1 N–H and O–H groups in total. The second kappa shape index (κ2) is 13.6. The van der Waals surface area contributed by atoms with Crippen LogP contribution < -0.4 is 0 Å². The van der Waals surface area contributed by atoms with Crippen LogP contribution in [0.5, 0.6) is 0 Å². The lowest BCUT2D eigenvalue weighted by molar-refractivity contribution is 0.249. The zero-order valence-corrected chi connectivity index (χ0v) is 47.6. The normalized spacial score (nSPS) is 16.8. The standard InChI is InChI=1S/C8HI17O/c9-2(10,3(11,12)4(13,14)8(24,25)26)1(5(15,16)17,6(18,19)20)7(21,22)23/h26H. The maximum absolute atomic E-state index is 11.0. The van der Waals surface area contributed by atoms with E-state index in [-0.39, 0.29) is 6.58 Å². The van der Waals surface area contributed by atoms with Gasteiger partial charge in [0.25, 0.3) is 0 Å². The van der Waals surface area contributed by atoms with Gasteiger partial charge in [0, 0.05) is 0 Å². The van der Waals surface area contributed by atoms with Crippen molar-refractivity contribution < 1.29 is 5.11 Å². The van der Waals surface area contributed by atoms with E-state index in [1.807, 2.05) is 0 Å². The molecule has 0 unspecified atom stereocenters. The summed E-state index contributed by atoms with van der Waals surface area (Å²) < 4.78 is -2.12. The van der Waals surface area contributed by atoms with E-state index in [2.05, 4.69) is 384 Å². The highest BCUT2D eigenvalue weighted by Crippen LogP contribution is 2.85. The average Bonchev–Trinajstić information content (AvgIpc) is 2.19. The molecule has 0 aliphatic rings. The van der Waals surface area contributed by atoms with Gasteiger partial charge >= 0.3 is 0 Å². The summed E-state index contributed by atoms with van der Waals surface area (Å²) in [6, 6.07) is 0. The summed E-state index contributed by atoms with van der Waals surface area (Å²) in [7, 11) is 0. The van der Waals surface area contributed by atoms with Gasteiger partial charge in [-0.3, -0.25) is 0 Å². The molecule has 0 aromatic heterocycles. The van der Waals surface area contributed by atoms with E-state index >= 15 is 0 Å². The second-order valence-corrected chi connectivity index (χ2v) is 58.7. The van der Waals surface area contributed by atoms with Crippen LogP contribution in [0.25, 0.3) is 0 Å². The van der Waals surface area contributed by atoms with Gasteiger partial charge in [-0.2, -0.15) is 0 Å². The Balaban J connectivity index is 7.31. The molecule has 0 aromatic carbocycles. The van der Waals surface area contributed by atoms with Crippen molar-refractivity contribution in [2.75, 3.05) is 0 Å². The van der Waals surface area contributed by atoms with Gasteiger partial charge < -0.3 is 5.11 Å². The number of aliphatic hydroxyl groups is 1. The number of alkyl halides is 17. The predicted octanol–water partition coefficient (Wildman–Crippen LogP) is 13.1. The lowest BCUT2D eigenvalue weighted by Gasteiger charge is -2.63. The first-order valence-electron chi connectivity index (χ1n) is 5.19. The van der Waals surface area contributed by atoms with Crippen molar-refractivity contribution in [3.63, 3.8) is 0 Å². The van der Waals surface area contributed by atoms with Gasteiger partial charge in [-0.1, -0.05) is 339 Å². The molecule has 0 bridgehead atoms. The van der Waals surface area contributed by atoms with E-state index < -0.39 is 3.04 Å². The summed E-state index contributed by atoms with van der Waals surface area (Å²) in [6.45, 7) is 0. The highest BCUT2D eigenvalue weighted by molar-refractivity contribution is 14.3. The van der Waals surface area contributed by atoms with Crippen LogP contribution >= 0.6 is 384 Å². The summed E-state index contributed by atoms with van der Waals surface area (Å²) >= 11 is 43.3. The topological polar surface area (TPSA) is 20.2 Å². The first-order chi connectivity index (χ1) is 10.8. The molecule has 0 aliphatic heterocycles. The Kier molecular flexibility index (Phi) is 20.0. The molecule has 0 rings (SSSR count). The largest absolute Gasteiger partial charge is 0.369 e. The quantitative estimate of drug-likeness (QED) is 0.199. The van der Waals surface area contributed by atoms with Crippen molar-refractivity contribution in [3.05, 3.63) is 0 Å². The number of rotatable bonds is 7. The molecule has 0 radical (unpaired) electrons. The van der Waals surface area contributed by atoms with Crippen molar-refractivity contribution in [2.24, 2.45) is 5.41 Å². The SMILES string of the molecule is OC(I)(I)C(I)(I)C(I)(I)C(I)(I)C(C(I)(I)I)(C(I)(I)I)C(I)(I)I. The molecule has 0 fully saturated rings. The minimum Gasteiger partial charge on any atom is -0.369 e. The van der Waals surface area contributed by atoms with Gasteiger partial charge in [-0.05, 0) is 45.2 Å². The van der Waals surface area contributed by atoms with Gasteiger partial charge in [0.05, 0.1) is 5.41 Å². The zero-order chi connectivity index (χ0) is 22.0. The predicted molar refractivity (Wildman–Crippen MR) is 262 cm³/mol. The van der Waals surface area contributed by atoms with E-state index in [4.69, 9.17) is 0 Å². The van der Waals surface area contributed by atoms with Crippen molar-refractivity contribution in [2.45, 2.75) is 4.21 Å². The number of hydrogen-bond donors (Lipinski definition) is 1. The molecule has 0 saturated carbocycles. The Labute approximate surface area is 386 Å². The monoisotopic (exact) mass is 2270 g/mol. The van der Waals surface area contributed by atoms with Gasteiger partial charge in [0.15, 0.2) is 1.61 Å². The summed E-state index contributed by atoms with van der Waals surface area (Å²) in [6.07, 6.45) is 0. The Morgan fingerprint density at radius 3 is 0.731 bits per heavy atom. The van der Waals surface area contributed by atoms with Crippen molar-refractivity contribution >= 4 is 384 Å².